The van der Waals surface area contributed by atoms with Crippen LogP contribution in [-0.2, 0) is 30.3 Å². The first kappa shape index (κ1) is 38.1. The second-order valence-electron chi connectivity index (χ2n) is 12.2. The standard InChI is InChI=1S/C33H45N3O12S/c1-19-7-5-8-21(34-26(40)18-49-33-31(44)30(43)29(42)25(16-37)48-33)9-6-10-22(35-46-17-27(41)36-11-3-2-4-12-36)13-20-14-23(38)15-24(39)28(20)32(45)47-19/h5-6,8,10,14-15,19,21,25,29-31,33,37-39,42-44H,2-4,7,9,11-13,16-18H2,1H3,(H,34,40)/t19-,21+,25?,29-,30+,31?,33+/m1/s1. The Morgan fingerprint density at radius 1 is 1.06 bits per heavy atom. The second-order valence-corrected chi connectivity index (χ2v) is 13.3. The maximum Gasteiger partial charge on any atom is 0.342 e. The topological polar surface area (TPSA) is 228 Å². The zero-order chi connectivity index (χ0) is 35.5. The highest BCUT2D eigenvalue weighted by Gasteiger charge is 2.43. The second kappa shape index (κ2) is 18.4. The molecule has 0 spiro atoms. The van der Waals surface area contributed by atoms with E-state index in [0.717, 1.165) is 37.1 Å². The number of amides is 2. The molecule has 2 saturated heterocycles. The number of phenols is 2. The number of aliphatic hydroxyl groups excluding tert-OH is 4. The SMILES string of the molecule is C[C@@H]1CC=C[C@H](NC(=O)CS[C@@H]2OC(CO)[C@@H](O)[C@H](O)C2O)CC=CC(=NOCC(=O)N2CCCCC2)Cc2cc(O)cc(O)c2C(=O)O1. The molecule has 0 radical (unpaired) electrons. The highest BCUT2D eigenvalue weighted by molar-refractivity contribution is 8.00. The molecule has 15 nitrogen and oxygen atoms in total. The first-order valence-electron chi connectivity index (χ1n) is 16.2. The average Bonchev–Trinajstić information content (AvgIpc) is 3.06. The molecule has 2 fully saturated rings. The molecule has 16 heteroatoms. The smallest absolute Gasteiger partial charge is 0.342 e. The highest BCUT2D eigenvalue weighted by Crippen LogP contribution is 2.30. The van der Waals surface area contributed by atoms with Gasteiger partial charge in [-0.3, -0.25) is 9.59 Å². The number of carbonyl (C=O) groups excluding carboxylic acids is 3. The fourth-order valence-electron chi connectivity index (χ4n) is 5.64. The molecule has 2 unspecified atom stereocenters. The molecule has 1 aromatic carbocycles. The van der Waals surface area contributed by atoms with Gasteiger partial charge in [0.15, 0.2) is 6.61 Å². The minimum absolute atomic E-state index is 0.0855. The number of esters is 1. The Bertz CT molecular complexity index is 1400. The summed E-state index contributed by atoms with van der Waals surface area (Å²) in [6.07, 6.45) is 3.85. The molecule has 0 bridgehead atoms. The minimum Gasteiger partial charge on any atom is -0.508 e. The van der Waals surface area contributed by atoms with Crippen molar-refractivity contribution in [2.45, 2.75) is 87.4 Å². The van der Waals surface area contributed by atoms with Crippen LogP contribution >= 0.6 is 11.8 Å². The molecular formula is C33H45N3O12S. The molecule has 0 aliphatic carbocycles. The predicted molar refractivity (Wildman–Crippen MR) is 178 cm³/mol. The number of hydrogen-bond donors (Lipinski definition) is 7. The molecule has 3 heterocycles. The maximum atomic E-state index is 13.2. The van der Waals surface area contributed by atoms with E-state index in [2.05, 4.69) is 10.5 Å². The third-order valence-electron chi connectivity index (χ3n) is 8.26. The first-order valence-corrected chi connectivity index (χ1v) is 17.3. The molecule has 7 atom stereocenters. The Morgan fingerprint density at radius 3 is 2.55 bits per heavy atom. The van der Waals surface area contributed by atoms with Gasteiger partial charge in [0.2, 0.25) is 5.91 Å². The molecule has 3 aliphatic heterocycles. The monoisotopic (exact) mass is 707 g/mol. The number of aliphatic hydroxyl groups is 4. The first-order chi connectivity index (χ1) is 23.5. The van der Waals surface area contributed by atoms with Gasteiger partial charge in [-0.05, 0) is 50.3 Å². The number of allylic oxidation sites excluding steroid dienone is 1. The van der Waals surface area contributed by atoms with Crippen LogP contribution in [0.25, 0.3) is 0 Å². The lowest BCUT2D eigenvalue weighted by molar-refractivity contribution is -0.205. The van der Waals surface area contributed by atoms with Gasteiger partial charge in [-0.25, -0.2) is 4.79 Å². The molecule has 270 valence electrons. The molecule has 0 saturated carbocycles. The van der Waals surface area contributed by atoms with Crippen LogP contribution in [0.1, 0.15) is 54.9 Å². The molecule has 0 aromatic heterocycles. The number of likely N-dealkylation sites (tertiary alicyclic amines) is 1. The van der Waals surface area contributed by atoms with Crippen molar-refractivity contribution in [3.05, 3.63) is 47.6 Å². The van der Waals surface area contributed by atoms with Crippen molar-refractivity contribution >= 4 is 35.3 Å². The van der Waals surface area contributed by atoms with Crippen molar-refractivity contribution < 1.29 is 59.3 Å². The number of piperidine rings is 1. The molecule has 4 rings (SSSR count). The third-order valence-corrected chi connectivity index (χ3v) is 9.40. The van der Waals surface area contributed by atoms with Gasteiger partial charge in [-0.15, -0.1) is 11.8 Å². The number of aromatic hydroxyl groups is 2. The van der Waals surface area contributed by atoms with E-state index in [9.17, 15) is 45.0 Å². The van der Waals surface area contributed by atoms with Crippen molar-refractivity contribution in [3.63, 3.8) is 0 Å². The number of nitrogens with zero attached hydrogens (tertiary/aromatic N) is 2. The number of hydrogen-bond acceptors (Lipinski definition) is 14. The number of benzene rings is 1. The zero-order valence-corrected chi connectivity index (χ0v) is 28.0. The van der Waals surface area contributed by atoms with Gasteiger partial charge < -0.3 is 55.2 Å². The number of oxime groups is 1. The van der Waals surface area contributed by atoms with Crippen LogP contribution in [0.2, 0.25) is 0 Å². The quantitative estimate of drug-likeness (QED) is 0.111. The molecule has 49 heavy (non-hydrogen) atoms. The summed E-state index contributed by atoms with van der Waals surface area (Å²) in [4.78, 5) is 45.9. The van der Waals surface area contributed by atoms with Gasteiger partial charge in [-0.1, -0.05) is 23.4 Å². The van der Waals surface area contributed by atoms with Crippen LogP contribution in [0.15, 0.2) is 41.6 Å². The largest absolute Gasteiger partial charge is 0.508 e. The van der Waals surface area contributed by atoms with E-state index in [1.165, 1.54) is 6.07 Å². The van der Waals surface area contributed by atoms with E-state index in [1.807, 2.05) is 0 Å². The lowest BCUT2D eigenvalue weighted by Crippen LogP contribution is -2.57. The van der Waals surface area contributed by atoms with Crippen molar-refractivity contribution in [2.24, 2.45) is 5.16 Å². The Morgan fingerprint density at radius 2 is 1.82 bits per heavy atom. The van der Waals surface area contributed by atoms with Crippen LogP contribution < -0.4 is 5.32 Å². The van der Waals surface area contributed by atoms with E-state index in [0.29, 0.717) is 13.1 Å². The fraction of sp³-hybridized carbons (Fsp3) is 0.576. The van der Waals surface area contributed by atoms with Gasteiger partial charge in [-0.2, -0.15) is 0 Å². The Balaban J connectivity index is 1.50. The molecule has 7 N–H and O–H groups in total. The normalized spacial score (nSPS) is 29.1. The number of ether oxygens (including phenoxy) is 2. The summed E-state index contributed by atoms with van der Waals surface area (Å²) in [6, 6.07) is 1.80. The van der Waals surface area contributed by atoms with Gasteiger partial charge in [0.25, 0.3) is 5.91 Å². The van der Waals surface area contributed by atoms with Crippen LogP contribution in [0.5, 0.6) is 11.5 Å². The molecular weight excluding hydrogens is 662 g/mol. The van der Waals surface area contributed by atoms with Crippen molar-refractivity contribution in [1.29, 1.82) is 0 Å². The number of carbonyl (C=O) groups is 3. The number of cyclic esters (lactones) is 1. The van der Waals surface area contributed by atoms with E-state index in [1.54, 1.807) is 36.1 Å². The predicted octanol–water partition coefficient (Wildman–Crippen LogP) is 0.495. The molecule has 3 aliphatic rings. The van der Waals surface area contributed by atoms with Crippen LogP contribution in [0.3, 0.4) is 0 Å². The van der Waals surface area contributed by atoms with E-state index in [-0.39, 0.29) is 60.1 Å². The van der Waals surface area contributed by atoms with Crippen molar-refractivity contribution in [3.8, 4) is 11.5 Å². The van der Waals surface area contributed by atoms with Crippen LogP contribution in [0.4, 0.5) is 0 Å². The lowest BCUT2D eigenvalue weighted by atomic mass is 9.99. The van der Waals surface area contributed by atoms with Gasteiger partial charge in [0.1, 0.15) is 53.0 Å². The summed E-state index contributed by atoms with van der Waals surface area (Å²) in [5.41, 5.74) is -0.744. The number of fused-ring (bicyclic) bond motifs is 1. The number of rotatable bonds is 8. The van der Waals surface area contributed by atoms with E-state index < -0.39 is 66.2 Å². The summed E-state index contributed by atoms with van der Waals surface area (Å²) >= 11 is 0.900. The summed E-state index contributed by atoms with van der Waals surface area (Å²) in [5.74, 6) is -2.39. The van der Waals surface area contributed by atoms with Crippen molar-refractivity contribution in [2.75, 3.05) is 32.1 Å². The lowest BCUT2D eigenvalue weighted by Gasteiger charge is -2.39. The van der Waals surface area contributed by atoms with E-state index >= 15 is 0 Å². The Kier molecular flexibility index (Phi) is 14.3. The molecule has 2 amide bonds. The number of nitrogens with one attached hydrogen (secondary N) is 1. The van der Waals surface area contributed by atoms with Gasteiger partial charge in [0, 0.05) is 32.0 Å². The zero-order valence-electron chi connectivity index (χ0n) is 27.2. The van der Waals surface area contributed by atoms with E-state index in [4.69, 9.17) is 14.3 Å². The number of phenolic OH excluding ortho intramolecular Hbond substituents is 2. The Labute approximate surface area is 288 Å². The summed E-state index contributed by atoms with van der Waals surface area (Å²) < 4.78 is 11.0. The van der Waals surface area contributed by atoms with Crippen molar-refractivity contribution in [1.82, 2.24) is 10.2 Å². The average molecular weight is 708 g/mol. The highest BCUT2D eigenvalue weighted by atomic mass is 32.2. The van der Waals surface area contributed by atoms with Crippen LogP contribution in [-0.4, -0.2) is 133 Å². The van der Waals surface area contributed by atoms with Crippen LogP contribution in [0, 0.1) is 0 Å². The van der Waals surface area contributed by atoms with Gasteiger partial charge in [0.05, 0.1) is 24.1 Å². The summed E-state index contributed by atoms with van der Waals surface area (Å²) in [6.45, 7) is 2.07. The summed E-state index contributed by atoms with van der Waals surface area (Å²) in [7, 11) is 0. The summed E-state index contributed by atoms with van der Waals surface area (Å²) in [5, 5.41) is 67.6. The van der Waals surface area contributed by atoms with Gasteiger partial charge >= 0.3 is 5.97 Å². The molecule has 1 aromatic rings. The maximum absolute atomic E-state index is 13.2. The number of thioether (sulfide) groups is 1. The fourth-order valence-corrected chi connectivity index (χ4v) is 6.62. The third kappa shape index (κ3) is 10.9. The minimum atomic E-state index is -1.56. The Hall–Kier alpha value is -3.67.